The molecule has 4 nitrogen and oxygen atoms in total. The van der Waals surface area contributed by atoms with Gasteiger partial charge in [0.2, 0.25) is 0 Å². The normalized spacial score (nSPS) is 17.7. The number of hydrogen-bond donors (Lipinski definition) is 2. The second-order valence-electron chi connectivity index (χ2n) is 7.67. The zero-order valence-electron chi connectivity index (χ0n) is 16.8. The van der Waals surface area contributed by atoms with Crippen molar-refractivity contribution >= 4 is 17.3 Å². The fourth-order valence-electron chi connectivity index (χ4n) is 3.64. The second kappa shape index (κ2) is 10.0. The first-order chi connectivity index (χ1) is 14.2. The lowest BCUT2D eigenvalue weighted by Gasteiger charge is -2.34. The molecule has 30 heavy (non-hydrogen) atoms. The number of quaternary nitrogens is 1. The Hall–Kier alpha value is -1.80. The predicted molar refractivity (Wildman–Crippen MR) is 111 cm³/mol. The second-order valence-corrected chi connectivity index (χ2v) is 8.11. The molecule has 2 aromatic carbocycles. The van der Waals surface area contributed by atoms with E-state index in [2.05, 4.69) is 0 Å². The van der Waals surface area contributed by atoms with Crippen molar-refractivity contribution in [1.82, 2.24) is 0 Å². The molecular weight excluding hydrogens is 417 g/mol. The highest BCUT2D eigenvalue weighted by Crippen LogP contribution is 2.31. The van der Waals surface area contributed by atoms with Crippen molar-refractivity contribution < 1.29 is 27.9 Å². The van der Waals surface area contributed by atoms with Gasteiger partial charge < -0.3 is 19.6 Å². The maximum atomic E-state index is 12.9. The smallest absolute Gasteiger partial charge is 0.385 e. The summed E-state index contributed by atoms with van der Waals surface area (Å²) < 4.78 is 44.6. The van der Waals surface area contributed by atoms with Gasteiger partial charge in [-0.2, -0.15) is 13.2 Å². The maximum Gasteiger partial charge on any atom is 0.416 e. The summed E-state index contributed by atoms with van der Waals surface area (Å²) in [6.07, 6.45) is -5.09. The molecule has 1 aliphatic rings. The zero-order chi connectivity index (χ0) is 21.7. The molecule has 2 N–H and O–H groups in total. The number of anilines is 1. The molecule has 0 radical (unpaired) electrons. The Kier molecular flexibility index (Phi) is 7.63. The molecule has 0 spiro atoms. The molecule has 2 aromatic rings. The van der Waals surface area contributed by atoms with E-state index in [1.807, 2.05) is 24.0 Å². The SMILES string of the molecule is C[C@H](OC[C@H](O)C[NH+]1CCN(c2cccc(C(F)(F)F)c2)CC1)c1ccc(Cl)cc1. The zero-order valence-corrected chi connectivity index (χ0v) is 17.6. The van der Waals surface area contributed by atoms with E-state index in [-0.39, 0.29) is 12.7 Å². The van der Waals surface area contributed by atoms with E-state index < -0.39 is 17.8 Å². The van der Waals surface area contributed by atoms with Crippen LogP contribution in [-0.2, 0) is 10.9 Å². The number of nitrogens with one attached hydrogen (secondary N) is 1. The molecule has 164 valence electrons. The summed E-state index contributed by atoms with van der Waals surface area (Å²) in [5, 5.41) is 11.0. The third kappa shape index (κ3) is 6.35. The van der Waals surface area contributed by atoms with Crippen molar-refractivity contribution in [2.45, 2.75) is 25.3 Å². The number of benzene rings is 2. The third-order valence-corrected chi connectivity index (χ3v) is 5.66. The van der Waals surface area contributed by atoms with Crippen LogP contribution in [-0.4, -0.2) is 50.5 Å². The number of hydrogen-bond acceptors (Lipinski definition) is 3. The summed E-state index contributed by atoms with van der Waals surface area (Å²) in [4.78, 5) is 3.18. The van der Waals surface area contributed by atoms with Gasteiger partial charge in [0.25, 0.3) is 0 Å². The van der Waals surface area contributed by atoms with Crippen LogP contribution in [0.2, 0.25) is 5.02 Å². The molecular formula is C22H27ClF3N2O2+. The lowest BCUT2D eigenvalue weighted by Crippen LogP contribution is -3.16. The first-order valence-corrected chi connectivity index (χ1v) is 10.4. The van der Waals surface area contributed by atoms with E-state index in [1.54, 1.807) is 18.2 Å². The van der Waals surface area contributed by atoms with Gasteiger partial charge in [0.1, 0.15) is 12.6 Å². The lowest BCUT2D eigenvalue weighted by molar-refractivity contribution is -0.903. The van der Waals surface area contributed by atoms with Crippen LogP contribution in [0, 0.1) is 0 Å². The maximum absolute atomic E-state index is 12.9. The number of rotatable bonds is 7. The lowest BCUT2D eigenvalue weighted by atomic mass is 10.1. The molecule has 1 aliphatic heterocycles. The van der Waals surface area contributed by atoms with Crippen LogP contribution in [0.1, 0.15) is 24.2 Å². The molecule has 0 amide bonds. The number of nitrogens with zero attached hydrogens (tertiary/aromatic N) is 1. The fourth-order valence-corrected chi connectivity index (χ4v) is 3.77. The number of aliphatic hydroxyl groups is 1. The van der Waals surface area contributed by atoms with E-state index in [4.69, 9.17) is 16.3 Å². The molecule has 0 saturated carbocycles. The van der Waals surface area contributed by atoms with E-state index in [1.165, 1.54) is 17.0 Å². The standard InChI is InChI=1S/C22H26ClF3N2O2/c1-16(17-5-7-19(23)8-6-17)30-15-21(29)14-27-9-11-28(12-10-27)20-4-2-3-18(13-20)22(24,25)26/h2-8,13,16,21,29H,9-12,14-15H2,1H3/p+1/t16-,21+/m0/s1. The van der Waals surface area contributed by atoms with Crippen LogP contribution in [0.3, 0.4) is 0 Å². The van der Waals surface area contributed by atoms with Crippen LogP contribution in [0.25, 0.3) is 0 Å². The quantitative estimate of drug-likeness (QED) is 0.690. The summed E-state index contributed by atoms with van der Waals surface area (Å²) in [5.41, 5.74) is 0.954. The van der Waals surface area contributed by atoms with Crippen LogP contribution in [0.15, 0.2) is 48.5 Å². The molecule has 1 saturated heterocycles. The molecule has 8 heteroatoms. The number of ether oxygens (including phenoxy) is 1. The minimum absolute atomic E-state index is 0.148. The van der Waals surface area contributed by atoms with E-state index in [0.717, 1.165) is 24.7 Å². The largest absolute Gasteiger partial charge is 0.416 e. The Morgan fingerprint density at radius 1 is 1.13 bits per heavy atom. The van der Waals surface area contributed by atoms with Crippen molar-refractivity contribution in [3.05, 3.63) is 64.7 Å². The minimum atomic E-state index is -4.34. The van der Waals surface area contributed by atoms with Crippen LogP contribution in [0.5, 0.6) is 0 Å². The van der Waals surface area contributed by atoms with Crippen molar-refractivity contribution in [1.29, 1.82) is 0 Å². The van der Waals surface area contributed by atoms with Crippen molar-refractivity contribution in [3.63, 3.8) is 0 Å². The Bertz CT molecular complexity index is 809. The molecule has 2 atom stereocenters. The summed E-state index contributed by atoms with van der Waals surface area (Å²) >= 11 is 5.89. The van der Waals surface area contributed by atoms with Gasteiger partial charge in [-0.15, -0.1) is 0 Å². The number of halogens is 4. The number of aliphatic hydroxyl groups excluding tert-OH is 1. The van der Waals surface area contributed by atoms with Gasteiger partial charge in [-0.3, -0.25) is 0 Å². The molecule has 1 heterocycles. The summed E-state index contributed by atoms with van der Waals surface area (Å²) in [7, 11) is 0. The average Bonchev–Trinajstić information content (AvgIpc) is 2.72. The summed E-state index contributed by atoms with van der Waals surface area (Å²) in [6.45, 7) is 5.49. The van der Waals surface area contributed by atoms with Gasteiger partial charge in [-0.25, -0.2) is 0 Å². The first-order valence-electron chi connectivity index (χ1n) is 10.0. The van der Waals surface area contributed by atoms with Crippen LogP contribution >= 0.6 is 11.6 Å². The molecule has 0 unspecified atom stereocenters. The molecule has 3 rings (SSSR count). The summed E-state index contributed by atoms with van der Waals surface area (Å²) in [5.74, 6) is 0. The topological polar surface area (TPSA) is 37.1 Å². The van der Waals surface area contributed by atoms with E-state index >= 15 is 0 Å². The number of alkyl halides is 3. The minimum Gasteiger partial charge on any atom is -0.385 e. The molecule has 0 bridgehead atoms. The predicted octanol–water partition coefficient (Wildman–Crippen LogP) is 3.20. The average molecular weight is 444 g/mol. The van der Waals surface area contributed by atoms with Crippen LogP contribution in [0.4, 0.5) is 18.9 Å². The highest BCUT2D eigenvalue weighted by molar-refractivity contribution is 6.30. The summed E-state index contributed by atoms with van der Waals surface area (Å²) in [6, 6.07) is 12.9. The Labute approximate surface area is 179 Å². The highest BCUT2D eigenvalue weighted by Gasteiger charge is 2.31. The Balaban J connectivity index is 1.43. The van der Waals surface area contributed by atoms with Gasteiger partial charge in [-0.05, 0) is 42.8 Å². The Morgan fingerprint density at radius 3 is 2.43 bits per heavy atom. The van der Waals surface area contributed by atoms with Crippen LogP contribution < -0.4 is 9.80 Å². The van der Waals surface area contributed by atoms with E-state index in [9.17, 15) is 18.3 Å². The van der Waals surface area contributed by atoms with Crippen molar-refractivity contribution in [2.75, 3.05) is 44.2 Å². The monoisotopic (exact) mass is 443 g/mol. The van der Waals surface area contributed by atoms with Crippen molar-refractivity contribution in [2.24, 2.45) is 0 Å². The number of piperazine rings is 1. The van der Waals surface area contributed by atoms with Gasteiger partial charge in [0.15, 0.2) is 0 Å². The molecule has 0 aromatic heterocycles. The highest BCUT2D eigenvalue weighted by atomic mass is 35.5. The van der Waals surface area contributed by atoms with Gasteiger partial charge >= 0.3 is 6.18 Å². The first kappa shape index (κ1) is 22.9. The van der Waals surface area contributed by atoms with Gasteiger partial charge in [-0.1, -0.05) is 29.8 Å². The molecule has 1 fully saturated rings. The van der Waals surface area contributed by atoms with Gasteiger partial charge in [0, 0.05) is 10.7 Å². The van der Waals surface area contributed by atoms with Gasteiger partial charge in [0.05, 0.1) is 44.5 Å². The van der Waals surface area contributed by atoms with Crippen molar-refractivity contribution in [3.8, 4) is 0 Å². The fraction of sp³-hybridized carbons (Fsp3) is 0.455. The Morgan fingerprint density at radius 2 is 1.80 bits per heavy atom. The third-order valence-electron chi connectivity index (χ3n) is 5.41. The van der Waals surface area contributed by atoms with E-state index in [0.29, 0.717) is 30.3 Å². The molecule has 0 aliphatic carbocycles.